The molecule has 0 aliphatic heterocycles. The topological polar surface area (TPSA) is 90.8 Å². The molecule has 0 saturated carbocycles. The van der Waals surface area contributed by atoms with E-state index < -0.39 is 11.9 Å². The minimum Gasteiger partial charge on any atom is -0.544 e. The summed E-state index contributed by atoms with van der Waals surface area (Å²) in [5, 5.41) is 14.7. The van der Waals surface area contributed by atoms with Crippen LogP contribution in [0.25, 0.3) is 0 Å². The van der Waals surface area contributed by atoms with Gasteiger partial charge in [0.25, 0.3) is 5.91 Å². The highest BCUT2D eigenvalue weighted by Crippen LogP contribution is 2.16. The average Bonchev–Trinajstić information content (AvgIpc) is 3.08. The Morgan fingerprint density at radius 1 is 1.17 bits per heavy atom. The van der Waals surface area contributed by atoms with E-state index in [1.165, 1.54) is 11.6 Å². The van der Waals surface area contributed by atoms with Gasteiger partial charge in [-0.15, -0.1) is 11.3 Å². The summed E-state index contributed by atoms with van der Waals surface area (Å²) >= 11 is 1.04. The van der Waals surface area contributed by atoms with Gasteiger partial charge in [0.2, 0.25) is 0 Å². The van der Waals surface area contributed by atoms with Gasteiger partial charge in [0, 0.05) is 0 Å². The van der Waals surface area contributed by atoms with Gasteiger partial charge in [0.15, 0.2) is 6.61 Å². The fourth-order valence-electron chi connectivity index (χ4n) is 1.85. The number of ether oxygens (including phenoxy) is 1. The maximum atomic E-state index is 11.7. The Balaban J connectivity index is 1.85. The molecule has 6 nitrogen and oxygen atoms in total. The molecule has 1 amide bonds. The van der Waals surface area contributed by atoms with Crippen LogP contribution in [0.4, 0.5) is 0 Å². The van der Waals surface area contributed by atoms with Crippen LogP contribution in [-0.4, -0.2) is 24.2 Å². The Morgan fingerprint density at radius 2 is 1.83 bits per heavy atom. The summed E-state index contributed by atoms with van der Waals surface area (Å²) < 4.78 is 5.38. The number of carboxylic acid groups (broad SMARTS) is 1. The Morgan fingerprint density at radius 3 is 2.42 bits per heavy atom. The van der Waals surface area contributed by atoms with Gasteiger partial charge in [-0.2, -0.15) is 5.10 Å². The third kappa shape index (κ3) is 4.92. The monoisotopic (exact) mass is 345 g/mol. The number of nitrogens with zero attached hydrogens (tertiary/aromatic N) is 1. The van der Waals surface area contributed by atoms with Crippen molar-refractivity contribution in [2.24, 2.45) is 5.10 Å². The highest BCUT2D eigenvalue weighted by Gasteiger charge is 2.06. The van der Waals surface area contributed by atoms with Gasteiger partial charge < -0.3 is 14.6 Å². The first-order chi connectivity index (χ1) is 11.5. The predicted molar refractivity (Wildman–Crippen MR) is 90.3 cm³/mol. The number of amides is 1. The van der Waals surface area contributed by atoms with Crippen molar-refractivity contribution in [1.82, 2.24) is 5.43 Å². The van der Waals surface area contributed by atoms with E-state index in [4.69, 9.17) is 4.74 Å². The van der Waals surface area contributed by atoms with E-state index >= 15 is 0 Å². The number of aryl methyl sites for hydroxylation is 1. The van der Waals surface area contributed by atoms with E-state index in [1.54, 1.807) is 13.0 Å². The Labute approximate surface area is 143 Å². The summed E-state index contributed by atoms with van der Waals surface area (Å²) in [6.07, 6.45) is 0.942. The molecule has 24 heavy (non-hydrogen) atoms. The van der Waals surface area contributed by atoms with E-state index in [9.17, 15) is 14.7 Å². The molecule has 126 valence electrons. The molecule has 2 aromatic rings. The van der Waals surface area contributed by atoms with Crippen LogP contribution in [0, 0.1) is 0 Å². The number of carboxylic acids is 1. The van der Waals surface area contributed by atoms with E-state index in [2.05, 4.69) is 17.5 Å². The Bertz CT molecular complexity index is 750. The van der Waals surface area contributed by atoms with Crippen molar-refractivity contribution < 1.29 is 19.4 Å². The third-order valence-electron chi connectivity index (χ3n) is 3.21. The second-order valence-corrected chi connectivity index (χ2v) is 6.05. The summed E-state index contributed by atoms with van der Waals surface area (Å²) in [5.74, 6) is -1.02. The van der Waals surface area contributed by atoms with Crippen LogP contribution >= 0.6 is 11.3 Å². The van der Waals surface area contributed by atoms with Gasteiger partial charge in [0.1, 0.15) is 5.75 Å². The molecule has 0 aliphatic carbocycles. The highest BCUT2D eigenvalue weighted by molar-refractivity contribution is 7.15. The van der Waals surface area contributed by atoms with Gasteiger partial charge >= 0.3 is 0 Å². The number of nitrogens with one attached hydrogen (secondary N) is 1. The molecular weight excluding hydrogens is 328 g/mol. The molecule has 0 saturated heterocycles. The van der Waals surface area contributed by atoms with Crippen molar-refractivity contribution >= 4 is 28.9 Å². The van der Waals surface area contributed by atoms with E-state index in [1.807, 2.05) is 24.3 Å². The smallest absolute Gasteiger partial charge is 0.277 e. The van der Waals surface area contributed by atoms with Crippen LogP contribution in [0.3, 0.4) is 0 Å². The molecule has 2 rings (SSSR count). The predicted octanol–water partition coefficient (Wildman–Crippen LogP) is 1.59. The van der Waals surface area contributed by atoms with Crippen LogP contribution in [-0.2, 0) is 11.2 Å². The van der Waals surface area contributed by atoms with Crippen molar-refractivity contribution in [2.75, 3.05) is 6.61 Å². The highest BCUT2D eigenvalue weighted by atomic mass is 32.1. The van der Waals surface area contributed by atoms with E-state index in [0.717, 1.165) is 17.8 Å². The molecule has 7 heteroatoms. The minimum atomic E-state index is -1.23. The molecular formula is C17H17N2O4S-. The van der Waals surface area contributed by atoms with Crippen LogP contribution in [0.5, 0.6) is 5.75 Å². The second kappa shape index (κ2) is 8.26. The molecule has 1 heterocycles. The number of carbonyl (C=O) groups is 2. The lowest BCUT2D eigenvalue weighted by Crippen LogP contribution is -2.25. The van der Waals surface area contributed by atoms with Crippen LogP contribution in [0.2, 0.25) is 0 Å². The number of thiophene rings is 1. The molecule has 0 fully saturated rings. The van der Waals surface area contributed by atoms with Crippen molar-refractivity contribution in [3.63, 3.8) is 0 Å². The van der Waals surface area contributed by atoms with Crippen molar-refractivity contribution in [3.05, 3.63) is 51.7 Å². The van der Waals surface area contributed by atoms with Gasteiger partial charge in [0.05, 0.1) is 21.4 Å². The molecule has 0 bridgehead atoms. The molecule has 0 atom stereocenters. The standard InChI is InChI=1S/C17H18N2O4S/c1-3-12-4-6-13(7-5-12)23-10-16(20)19-18-11(2)14-8-9-15(24-14)17(21)22/h4-9H,3,10H2,1-2H3,(H,19,20)(H,21,22)/p-1/b18-11-. The normalized spacial score (nSPS) is 11.2. The zero-order valence-electron chi connectivity index (χ0n) is 13.4. The first-order valence-electron chi connectivity index (χ1n) is 7.36. The van der Waals surface area contributed by atoms with Crippen LogP contribution in [0.15, 0.2) is 41.5 Å². The summed E-state index contributed by atoms with van der Waals surface area (Å²) in [6.45, 7) is 3.58. The molecule has 0 unspecified atom stereocenters. The number of benzene rings is 1. The Hall–Kier alpha value is -2.67. The van der Waals surface area contributed by atoms with Gasteiger partial charge in [-0.1, -0.05) is 19.1 Å². The number of hydrogen-bond donors (Lipinski definition) is 1. The van der Waals surface area contributed by atoms with Crippen molar-refractivity contribution in [2.45, 2.75) is 20.3 Å². The lowest BCUT2D eigenvalue weighted by atomic mass is 10.2. The number of carbonyl (C=O) groups excluding carboxylic acids is 2. The lowest BCUT2D eigenvalue weighted by Gasteiger charge is -2.06. The fraction of sp³-hybridized carbons (Fsp3) is 0.235. The maximum Gasteiger partial charge on any atom is 0.277 e. The molecule has 0 radical (unpaired) electrons. The molecule has 1 aromatic carbocycles. The van der Waals surface area contributed by atoms with Crippen LogP contribution in [0.1, 0.15) is 34.0 Å². The van der Waals surface area contributed by atoms with Crippen molar-refractivity contribution in [1.29, 1.82) is 0 Å². The SMILES string of the molecule is CCc1ccc(OCC(=O)N/N=C(/C)c2ccc(C(=O)[O-])s2)cc1. The molecule has 1 N–H and O–H groups in total. The summed E-state index contributed by atoms with van der Waals surface area (Å²) in [7, 11) is 0. The lowest BCUT2D eigenvalue weighted by molar-refractivity contribution is -0.254. The summed E-state index contributed by atoms with van der Waals surface area (Å²) in [4.78, 5) is 23.2. The van der Waals surface area contributed by atoms with Gasteiger partial charge in [-0.05, 0) is 43.2 Å². The number of aromatic carboxylic acids is 1. The first kappa shape index (κ1) is 17.7. The number of hydrogen-bond acceptors (Lipinski definition) is 6. The quantitative estimate of drug-likeness (QED) is 0.609. The fourth-order valence-corrected chi connectivity index (χ4v) is 2.63. The molecule has 0 aliphatic rings. The molecule has 0 spiro atoms. The van der Waals surface area contributed by atoms with E-state index in [-0.39, 0.29) is 11.5 Å². The number of hydrazone groups is 1. The van der Waals surface area contributed by atoms with Gasteiger partial charge in [-0.3, -0.25) is 4.79 Å². The largest absolute Gasteiger partial charge is 0.544 e. The third-order valence-corrected chi connectivity index (χ3v) is 4.39. The zero-order chi connectivity index (χ0) is 17.5. The summed E-state index contributed by atoms with van der Waals surface area (Å²) in [5.41, 5.74) is 4.08. The maximum absolute atomic E-state index is 11.7. The number of rotatable bonds is 7. The average molecular weight is 345 g/mol. The minimum absolute atomic E-state index is 0.115. The van der Waals surface area contributed by atoms with Gasteiger partial charge in [-0.25, -0.2) is 5.43 Å². The van der Waals surface area contributed by atoms with Crippen LogP contribution < -0.4 is 15.3 Å². The van der Waals surface area contributed by atoms with Crippen molar-refractivity contribution in [3.8, 4) is 5.75 Å². The Kier molecular flexibility index (Phi) is 6.08. The second-order valence-electron chi connectivity index (χ2n) is 4.97. The zero-order valence-corrected chi connectivity index (χ0v) is 14.2. The summed E-state index contributed by atoms with van der Waals surface area (Å²) in [6, 6.07) is 10.6. The van der Waals surface area contributed by atoms with E-state index in [0.29, 0.717) is 16.3 Å². The molecule has 1 aromatic heterocycles. The first-order valence-corrected chi connectivity index (χ1v) is 8.17.